The van der Waals surface area contributed by atoms with Crippen molar-refractivity contribution in [2.75, 3.05) is 13.7 Å². The first-order chi connectivity index (χ1) is 8.63. The molecule has 0 radical (unpaired) electrons. The number of unbranched alkanes of at least 4 members (excludes halogenated alkanes) is 2. The molecule has 1 aromatic rings. The molecule has 0 aromatic heterocycles. The van der Waals surface area contributed by atoms with Crippen LogP contribution in [-0.4, -0.2) is 19.7 Å². The summed E-state index contributed by atoms with van der Waals surface area (Å²) >= 11 is 6.20. The molecule has 0 unspecified atom stereocenters. The Bertz CT molecular complexity index is 352. The Balaban J connectivity index is 2.23. The summed E-state index contributed by atoms with van der Waals surface area (Å²) in [6.07, 6.45) is 4.70. The Kier molecular flexibility index (Phi) is 7.14. The van der Waals surface area contributed by atoms with E-state index in [-0.39, 0.29) is 0 Å². The smallest absolute Gasteiger partial charge is 0.120 e. The molecule has 0 bridgehead atoms. The highest BCUT2D eigenvalue weighted by atomic mass is 35.5. The quantitative estimate of drug-likeness (QED) is 0.719. The Labute approximate surface area is 116 Å². The van der Waals surface area contributed by atoms with E-state index in [9.17, 15) is 0 Å². The zero-order valence-corrected chi connectivity index (χ0v) is 12.4. The van der Waals surface area contributed by atoms with Gasteiger partial charge in [-0.05, 0) is 43.5 Å². The number of halogens is 1. The van der Waals surface area contributed by atoms with Crippen LogP contribution in [0.1, 0.15) is 38.7 Å². The van der Waals surface area contributed by atoms with Crippen molar-refractivity contribution in [2.24, 2.45) is 0 Å². The number of benzene rings is 1. The molecule has 0 heterocycles. The van der Waals surface area contributed by atoms with E-state index in [4.69, 9.17) is 16.3 Å². The number of hydrogen-bond donors (Lipinski definition) is 1. The highest BCUT2D eigenvalue weighted by Crippen LogP contribution is 2.23. The first-order valence-electron chi connectivity index (χ1n) is 6.69. The Morgan fingerprint density at radius 1 is 1.22 bits per heavy atom. The number of methoxy groups -OCH3 is 1. The Morgan fingerprint density at radius 2 is 2.00 bits per heavy atom. The highest BCUT2D eigenvalue weighted by molar-refractivity contribution is 6.31. The van der Waals surface area contributed by atoms with Crippen LogP contribution in [0.25, 0.3) is 0 Å². The summed E-state index contributed by atoms with van der Waals surface area (Å²) in [7, 11) is 1.66. The van der Waals surface area contributed by atoms with Crippen LogP contribution in [0.15, 0.2) is 18.2 Å². The molecule has 2 nitrogen and oxygen atoms in total. The average Bonchev–Trinajstić information content (AvgIpc) is 2.34. The lowest BCUT2D eigenvalue weighted by Gasteiger charge is -2.08. The minimum atomic E-state index is 0.584. The molecule has 18 heavy (non-hydrogen) atoms. The highest BCUT2D eigenvalue weighted by Gasteiger charge is 2.02. The molecule has 0 spiro atoms. The van der Waals surface area contributed by atoms with E-state index in [0.29, 0.717) is 6.04 Å². The zero-order chi connectivity index (χ0) is 13.4. The minimum Gasteiger partial charge on any atom is -0.497 e. The molecule has 0 saturated heterocycles. The van der Waals surface area contributed by atoms with Gasteiger partial charge in [-0.3, -0.25) is 0 Å². The fraction of sp³-hybridized carbons (Fsp3) is 0.600. The van der Waals surface area contributed by atoms with Gasteiger partial charge in [-0.2, -0.15) is 0 Å². The van der Waals surface area contributed by atoms with Gasteiger partial charge in [-0.25, -0.2) is 0 Å². The molecule has 0 atom stereocenters. The van der Waals surface area contributed by atoms with Crippen LogP contribution in [0.3, 0.4) is 0 Å². The normalized spacial score (nSPS) is 10.9. The van der Waals surface area contributed by atoms with Crippen LogP contribution in [0.5, 0.6) is 5.75 Å². The predicted octanol–water partition coefficient (Wildman–Crippen LogP) is 4.06. The molecule has 0 aliphatic rings. The van der Waals surface area contributed by atoms with Crippen molar-refractivity contribution in [3.8, 4) is 5.75 Å². The van der Waals surface area contributed by atoms with Crippen LogP contribution in [0.2, 0.25) is 5.02 Å². The lowest BCUT2D eigenvalue weighted by molar-refractivity contribution is 0.414. The second kappa shape index (κ2) is 8.39. The molecule has 0 aliphatic carbocycles. The number of hydrogen-bond acceptors (Lipinski definition) is 2. The molecule has 0 saturated carbocycles. The summed E-state index contributed by atoms with van der Waals surface area (Å²) in [5, 5.41) is 4.24. The van der Waals surface area contributed by atoms with E-state index in [1.807, 2.05) is 12.1 Å². The molecule has 102 valence electrons. The molecule has 0 fully saturated rings. The minimum absolute atomic E-state index is 0.584. The monoisotopic (exact) mass is 269 g/mol. The van der Waals surface area contributed by atoms with Gasteiger partial charge in [-0.15, -0.1) is 0 Å². The first kappa shape index (κ1) is 15.3. The summed E-state index contributed by atoms with van der Waals surface area (Å²) in [6, 6.07) is 6.51. The van der Waals surface area contributed by atoms with Gasteiger partial charge < -0.3 is 10.1 Å². The number of ether oxygens (including phenoxy) is 1. The predicted molar refractivity (Wildman–Crippen MR) is 78.7 cm³/mol. The van der Waals surface area contributed by atoms with Crippen molar-refractivity contribution in [3.63, 3.8) is 0 Å². The van der Waals surface area contributed by atoms with Gasteiger partial charge in [-0.1, -0.05) is 37.9 Å². The van der Waals surface area contributed by atoms with Crippen LogP contribution in [0.4, 0.5) is 0 Å². The van der Waals surface area contributed by atoms with Gasteiger partial charge >= 0.3 is 0 Å². The standard InChI is InChI=1S/C15H24ClNO/c1-12(2)17-10-6-4-5-7-13-8-9-14(18-3)11-15(13)16/h8-9,11-12,17H,4-7,10H2,1-3H3. The third-order valence-corrected chi connectivity index (χ3v) is 3.29. The van der Waals surface area contributed by atoms with Crippen molar-refractivity contribution in [2.45, 2.75) is 45.6 Å². The Morgan fingerprint density at radius 3 is 2.61 bits per heavy atom. The Hall–Kier alpha value is -0.730. The first-order valence-corrected chi connectivity index (χ1v) is 7.07. The molecular formula is C15H24ClNO. The lowest BCUT2D eigenvalue weighted by atomic mass is 10.1. The van der Waals surface area contributed by atoms with Gasteiger partial charge in [0.25, 0.3) is 0 Å². The fourth-order valence-corrected chi connectivity index (χ4v) is 2.13. The maximum Gasteiger partial charge on any atom is 0.120 e. The van der Waals surface area contributed by atoms with E-state index >= 15 is 0 Å². The van der Waals surface area contributed by atoms with Gasteiger partial charge in [0, 0.05) is 11.1 Å². The van der Waals surface area contributed by atoms with E-state index in [2.05, 4.69) is 25.2 Å². The maximum atomic E-state index is 6.20. The van der Waals surface area contributed by atoms with Gasteiger partial charge in [0.15, 0.2) is 0 Å². The fourth-order valence-electron chi connectivity index (χ4n) is 1.87. The molecule has 0 amide bonds. The molecule has 1 aromatic carbocycles. The molecule has 3 heteroatoms. The van der Waals surface area contributed by atoms with Crippen LogP contribution in [0, 0.1) is 0 Å². The van der Waals surface area contributed by atoms with Crippen molar-refractivity contribution in [1.82, 2.24) is 5.32 Å². The van der Waals surface area contributed by atoms with Crippen molar-refractivity contribution in [3.05, 3.63) is 28.8 Å². The molecule has 0 aliphatic heterocycles. The summed E-state index contributed by atoms with van der Waals surface area (Å²) < 4.78 is 5.14. The molecule has 1 N–H and O–H groups in total. The second-order valence-corrected chi connectivity index (χ2v) is 5.28. The molecule has 1 rings (SSSR count). The number of nitrogens with one attached hydrogen (secondary N) is 1. The van der Waals surface area contributed by atoms with Gasteiger partial charge in [0.2, 0.25) is 0 Å². The SMILES string of the molecule is COc1ccc(CCCCCNC(C)C)c(Cl)c1. The topological polar surface area (TPSA) is 21.3 Å². The van der Waals surface area contributed by atoms with Crippen LogP contribution < -0.4 is 10.1 Å². The van der Waals surface area contributed by atoms with E-state index in [0.717, 1.165) is 23.7 Å². The third kappa shape index (κ3) is 5.74. The molecular weight excluding hydrogens is 246 g/mol. The van der Waals surface area contributed by atoms with E-state index in [1.54, 1.807) is 7.11 Å². The van der Waals surface area contributed by atoms with Crippen molar-refractivity contribution < 1.29 is 4.74 Å². The number of rotatable bonds is 8. The van der Waals surface area contributed by atoms with Crippen molar-refractivity contribution in [1.29, 1.82) is 0 Å². The average molecular weight is 270 g/mol. The lowest BCUT2D eigenvalue weighted by Crippen LogP contribution is -2.23. The maximum absolute atomic E-state index is 6.20. The van der Waals surface area contributed by atoms with Crippen LogP contribution in [-0.2, 0) is 6.42 Å². The summed E-state index contributed by atoms with van der Waals surface area (Å²) in [5.41, 5.74) is 1.22. The van der Waals surface area contributed by atoms with Crippen LogP contribution >= 0.6 is 11.6 Å². The van der Waals surface area contributed by atoms with E-state index in [1.165, 1.54) is 24.8 Å². The van der Waals surface area contributed by atoms with E-state index < -0.39 is 0 Å². The zero-order valence-electron chi connectivity index (χ0n) is 11.6. The largest absolute Gasteiger partial charge is 0.497 e. The van der Waals surface area contributed by atoms with Gasteiger partial charge in [0.05, 0.1) is 7.11 Å². The summed E-state index contributed by atoms with van der Waals surface area (Å²) in [5.74, 6) is 0.824. The summed E-state index contributed by atoms with van der Waals surface area (Å²) in [6.45, 7) is 5.46. The number of aryl methyl sites for hydroxylation is 1. The van der Waals surface area contributed by atoms with Crippen molar-refractivity contribution >= 4 is 11.6 Å². The summed E-state index contributed by atoms with van der Waals surface area (Å²) in [4.78, 5) is 0. The van der Waals surface area contributed by atoms with Gasteiger partial charge in [0.1, 0.15) is 5.75 Å². The third-order valence-electron chi connectivity index (χ3n) is 2.94. The second-order valence-electron chi connectivity index (χ2n) is 4.88.